The van der Waals surface area contributed by atoms with Crippen molar-refractivity contribution in [1.29, 1.82) is 0 Å². The smallest absolute Gasteiger partial charge is 0.286 e. The Labute approximate surface area is 170 Å². The summed E-state index contributed by atoms with van der Waals surface area (Å²) < 4.78 is 1.77. The Morgan fingerprint density at radius 1 is 0.828 bits per heavy atom. The van der Waals surface area contributed by atoms with Gasteiger partial charge in [0.25, 0.3) is 11.5 Å². The van der Waals surface area contributed by atoms with Crippen molar-refractivity contribution in [2.75, 3.05) is 5.32 Å². The molecule has 0 atom stereocenters. The minimum atomic E-state index is -0.179. The number of aryl methyl sites for hydroxylation is 3. The number of hydrogen-bond acceptors (Lipinski definition) is 3. The number of nitrogens with one attached hydrogen (secondary N) is 1. The van der Waals surface area contributed by atoms with Gasteiger partial charge in [-0.3, -0.25) is 9.59 Å². The highest BCUT2D eigenvalue weighted by Crippen LogP contribution is 2.28. The van der Waals surface area contributed by atoms with Gasteiger partial charge >= 0.3 is 0 Å². The lowest BCUT2D eigenvalue weighted by Gasteiger charge is -2.19. The van der Waals surface area contributed by atoms with E-state index in [4.69, 9.17) is 0 Å². The van der Waals surface area contributed by atoms with Crippen LogP contribution in [0.15, 0.2) is 72.7 Å². The van der Waals surface area contributed by atoms with Gasteiger partial charge in [-0.05, 0) is 44.0 Å². The van der Waals surface area contributed by atoms with E-state index < -0.39 is 0 Å². The van der Waals surface area contributed by atoms with E-state index in [1.807, 2.05) is 56.6 Å². The maximum Gasteiger partial charge on any atom is 0.286 e. The molecule has 0 spiro atoms. The van der Waals surface area contributed by atoms with Crippen LogP contribution in [-0.4, -0.2) is 11.6 Å². The lowest BCUT2D eigenvalue weighted by atomic mass is 9.90. The molecule has 0 amide bonds. The summed E-state index contributed by atoms with van der Waals surface area (Å²) in [5, 5.41) is 3.23. The van der Waals surface area contributed by atoms with Crippen LogP contribution < -0.4 is 9.88 Å². The molecule has 144 valence electrons. The molecule has 2 aromatic carbocycles. The Morgan fingerprint density at radius 3 is 2.00 bits per heavy atom. The second-order valence-corrected chi connectivity index (χ2v) is 7.40. The van der Waals surface area contributed by atoms with Crippen LogP contribution in [0.3, 0.4) is 0 Å². The van der Waals surface area contributed by atoms with Gasteiger partial charge in [-0.15, -0.1) is 0 Å². The fraction of sp³-hybridized carbons (Fsp3) is 0.160. The molecule has 0 saturated heterocycles. The predicted molar refractivity (Wildman–Crippen MR) is 114 cm³/mol. The lowest BCUT2D eigenvalue weighted by Crippen LogP contribution is -2.42. The summed E-state index contributed by atoms with van der Waals surface area (Å²) in [4.78, 5) is 26.8. The topological polar surface area (TPSA) is 50.1 Å². The van der Waals surface area contributed by atoms with E-state index in [1.54, 1.807) is 28.8 Å². The molecule has 0 unspecified atom stereocenters. The van der Waals surface area contributed by atoms with Gasteiger partial charge in [0.2, 0.25) is 5.78 Å². The highest BCUT2D eigenvalue weighted by atomic mass is 16.1. The summed E-state index contributed by atoms with van der Waals surface area (Å²) >= 11 is 0. The van der Waals surface area contributed by atoms with Crippen molar-refractivity contribution in [2.24, 2.45) is 0 Å². The Morgan fingerprint density at radius 2 is 1.41 bits per heavy atom. The number of anilines is 1. The number of carbonyl (C=O) groups is 2. The highest BCUT2D eigenvalue weighted by Gasteiger charge is 2.38. The van der Waals surface area contributed by atoms with Crippen LogP contribution >= 0.6 is 0 Å². The van der Waals surface area contributed by atoms with Crippen molar-refractivity contribution < 1.29 is 14.2 Å². The second kappa shape index (κ2) is 7.47. The van der Waals surface area contributed by atoms with Crippen molar-refractivity contribution in [3.05, 3.63) is 101 Å². The Kier molecular flexibility index (Phi) is 4.85. The Bertz CT molecular complexity index is 1140. The molecular formula is C25H23N2O2+. The van der Waals surface area contributed by atoms with Crippen LogP contribution in [-0.2, 0) is 6.42 Å². The van der Waals surface area contributed by atoms with Crippen molar-refractivity contribution in [2.45, 2.75) is 27.2 Å². The summed E-state index contributed by atoms with van der Waals surface area (Å²) in [6.45, 7) is 6.05. The number of carbonyl (C=O) groups excluding carboxylic acids is 2. The van der Waals surface area contributed by atoms with Crippen molar-refractivity contribution in [3.8, 4) is 0 Å². The third-order valence-corrected chi connectivity index (χ3v) is 5.13. The van der Waals surface area contributed by atoms with Gasteiger partial charge in [0.05, 0.1) is 0 Å². The molecule has 3 aromatic rings. The van der Waals surface area contributed by atoms with E-state index in [2.05, 4.69) is 12.2 Å². The molecule has 0 aliphatic heterocycles. The number of aromatic nitrogens is 1. The summed E-state index contributed by atoms with van der Waals surface area (Å²) in [6.07, 6.45) is 4.70. The molecule has 0 bridgehead atoms. The van der Waals surface area contributed by atoms with E-state index in [-0.39, 0.29) is 11.6 Å². The fourth-order valence-electron chi connectivity index (χ4n) is 3.73. The molecule has 0 saturated carbocycles. The minimum absolute atomic E-state index is 0.164. The average Bonchev–Trinajstić information content (AvgIpc) is 2.72. The third-order valence-electron chi connectivity index (χ3n) is 5.13. The number of nitrogens with zero attached hydrogens (tertiary/aromatic N) is 1. The zero-order valence-electron chi connectivity index (χ0n) is 16.8. The van der Waals surface area contributed by atoms with Gasteiger partial charge in [-0.25, -0.2) is 0 Å². The van der Waals surface area contributed by atoms with Crippen LogP contribution in [0.25, 0.3) is 5.70 Å². The number of Topliss-reactive ketones (excluding diaryl/α,β-unsaturated/α-hetero) is 2. The number of hydrogen-bond donors (Lipinski definition) is 1. The quantitative estimate of drug-likeness (QED) is 0.674. The van der Waals surface area contributed by atoms with Crippen LogP contribution in [0, 0.1) is 13.8 Å². The van der Waals surface area contributed by atoms with Crippen molar-refractivity contribution in [3.63, 3.8) is 0 Å². The first kappa shape index (κ1) is 18.8. The summed E-state index contributed by atoms with van der Waals surface area (Å²) in [7, 11) is 0. The zero-order valence-corrected chi connectivity index (χ0v) is 16.8. The second-order valence-electron chi connectivity index (χ2n) is 7.40. The van der Waals surface area contributed by atoms with E-state index in [0.29, 0.717) is 22.5 Å². The number of rotatable bonds is 4. The van der Waals surface area contributed by atoms with Gasteiger partial charge in [0.15, 0.2) is 18.1 Å². The Balaban J connectivity index is 1.90. The minimum Gasteiger partial charge on any atom is -0.347 e. The van der Waals surface area contributed by atoms with E-state index in [1.165, 1.54) is 5.56 Å². The van der Waals surface area contributed by atoms with E-state index in [9.17, 15) is 9.59 Å². The van der Waals surface area contributed by atoms with Gasteiger partial charge in [0.1, 0.15) is 0 Å². The first-order chi connectivity index (χ1) is 14.0. The molecule has 1 aliphatic carbocycles. The number of pyridine rings is 1. The molecule has 0 fully saturated rings. The summed E-state index contributed by atoms with van der Waals surface area (Å²) in [5.41, 5.74) is 5.54. The Hall–Kier alpha value is -3.53. The molecule has 1 aliphatic rings. The van der Waals surface area contributed by atoms with E-state index in [0.717, 1.165) is 23.2 Å². The SMILES string of the molecule is CCc1ccc(NC2=C([n+]3cc(C)cc(C)c3)C(=O)c3ccccc3C2=O)cc1. The summed E-state index contributed by atoms with van der Waals surface area (Å²) in [6, 6.07) is 17.0. The van der Waals surface area contributed by atoms with Gasteiger partial charge in [-0.2, -0.15) is 4.57 Å². The maximum absolute atomic E-state index is 13.4. The fourth-order valence-corrected chi connectivity index (χ4v) is 3.73. The average molecular weight is 383 g/mol. The monoisotopic (exact) mass is 383 g/mol. The van der Waals surface area contributed by atoms with Crippen LogP contribution in [0.2, 0.25) is 0 Å². The summed E-state index contributed by atoms with van der Waals surface area (Å²) in [5.74, 6) is -0.343. The molecule has 4 nitrogen and oxygen atoms in total. The highest BCUT2D eigenvalue weighted by molar-refractivity contribution is 6.36. The number of ketones is 2. The largest absolute Gasteiger partial charge is 0.347 e. The number of fused-ring (bicyclic) bond motifs is 1. The third kappa shape index (κ3) is 3.49. The zero-order chi connectivity index (χ0) is 20.5. The lowest BCUT2D eigenvalue weighted by molar-refractivity contribution is -0.578. The molecule has 1 N–H and O–H groups in total. The van der Waals surface area contributed by atoms with Crippen molar-refractivity contribution in [1.82, 2.24) is 0 Å². The molecule has 4 heteroatoms. The first-order valence-corrected chi connectivity index (χ1v) is 9.76. The first-order valence-electron chi connectivity index (χ1n) is 9.76. The van der Waals surface area contributed by atoms with Crippen LogP contribution in [0.1, 0.15) is 44.3 Å². The molecule has 4 rings (SSSR count). The maximum atomic E-state index is 13.4. The number of benzene rings is 2. The van der Waals surface area contributed by atoms with Gasteiger partial charge < -0.3 is 5.32 Å². The molecule has 29 heavy (non-hydrogen) atoms. The molecule has 1 heterocycles. The van der Waals surface area contributed by atoms with Crippen molar-refractivity contribution >= 4 is 23.0 Å². The van der Waals surface area contributed by atoms with Gasteiger partial charge in [0, 0.05) is 27.9 Å². The normalized spacial score (nSPS) is 13.5. The van der Waals surface area contributed by atoms with Gasteiger partial charge in [-0.1, -0.05) is 43.3 Å². The molecule has 1 aromatic heterocycles. The van der Waals surface area contributed by atoms with Crippen LogP contribution in [0.5, 0.6) is 0 Å². The number of allylic oxidation sites excluding steroid dienone is 2. The standard InChI is InChI=1S/C25H22N2O2/c1-4-18-9-11-19(12-10-18)26-22-23(27-14-16(2)13-17(3)15-27)25(29)21-8-6-5-7-20(21)24(22)28/h5-15H,4H2,1-3H3/p+1. The van der Waals surface area contributed by atoms with E-state index >= 15 is 0 Å². The molecule has 0 radical (unpaired) electrons. The predicted octanol–water partition coefficient (Wildman–Crippen LogP) is 4.51. The molecular weight excluding hydrogens is 360 g/mol. The van der Waals surface area contributed by atoms with Crippen LogP contribution in [0.4, 0.5) is 5.69 Å².